The first-order valence-corrected chi connectivity index (χ1v) is 4.97. The SMILES string of the molecule is [CH2]C(C=C)c1cc(OCC)ccc1[N+](=O)[O-]. The van der Waals surface area contributed by atoms with Gasteiger partial charge in [0.05, 0.1) is 11.5 Å². The second kappa shape index (κ2) is 5.30. The number of hydrogen-bond donors (Lipinski definition) is 0. The van der Waals surface area contributed by atoms with Gasteiger partial charge in [-0.2, -0.15) is 0 Å². The molecule has 0 N–H and O–H groups in total. The quantitative estimate of drug-likeness (QED) is 0.435. The molecule has 1 aromatic rings. The molecule has 1 rings (SSSR count). The van der Waals surface area contributed by atoms with Gasteiger partial charge in [-0.25, -0.2) is 0 Å². The molecule has 1 atom stereocenters. The minimum Gasteiger partial charge on any atom is -0.494 e. The zero-order chi connectivity index (χ0) is 12.1. The Bertz CT molecular complexity index is 401. The number of nitro groups is 1. The van der Waals surface area contributed by atoms with Crippen molar-refractivity contribution in [1.82, 2.24) is 0 Å². The summed E-state index contributed by atoms with van der Waals surface area (Å²) in [4.78, 5) is 10.4. The first-order valence-electron chi connectivity index (χ1n) is 4.97. The predicted octanol–water partition coefficient (Wildman–Crippen LogP) is 3.10. The van der Waals surface area contributed by atoms with Crippen LogP contribution < -0.4 is 4.74 Å². The highest BCUT2D eigenvalue weighted by atomic mass is 16.6. The normalized spacial score (nSPS) is 11.9. The first-order chi connectivity index (χ1) is 7.60. The Morgan fingerprint density at radius 3 is 2.81 bits per heavy atom. The van der Waals surface area contributed by atoms with Gasteiger partial charge in [0.15, 0.2) is 0 Å². The molecule has 1 unspecified atom stereocenters. The molecule has 0 aliphatic heterocycles. The smallest absolute Gasteiger partial charge is 0.273 e. The van der Waals surface area contributed by atoms with E-state index in [9.17, 15) is 10.1 Å². The van der Waals surface area contributed by atoms with E-state index in [-0.39, 0.29) is 11.6 Å². The maximum Gasteiger partial charge on any atom is 0.273 e. The van der Waals surface area contributed by atoms with Crippen molar-refractivity contribution in [3.8, 4) is 5.75 Å². The summed E-state index contributed by atoms with van der Waals surface area (Å²) >= 11 is 0. The molecule has 1 aromatic carbocycles. The Kier molecular flexibility index (Phi) is 4.05. The van der Waals surface area contributed by atoms with E-state index >= 15 is 0 Å². The molecule has 0 saturated heterocycles. The van der Waals surface area contributed by atoms with E-state index in [0.717, 1.165) is 0 Å². The standard InChI is InChI=1S/C12H14NO3/c1-4-9(3)11-8-10(16-5-2)6-7-12(11)13(14)15/h4,6-9H,1,3,5H2,2H3. The van der Waals surface area contributed by atoms with Gasteiger partial charge in [0.2, 0.25) is 0 Å². The van der Waals surface area contributed by atoms with Gasteiger partial charge in [0.25, 0.3) is 5.69 Å². The van der Waals surface area contributed by atoms with Crippen LogP contribution >= 0.6 is 0 Å². The minimum absolute atomic E-state index is 0.0448. The van der Waals surface area contributed by atoms with E-state index in [1.807, 2.05) is 6.92 Å². The Morgan fingerprint density at radius 1 is 1.62 bits per heavy atom. The topological polar surface area (TPSA) is 52.4 Å². The van der Waals surface area contributed by atoms with Crippen molar-refractivity contribution in [2.75, 3.05) is 6.61 Å². The fourth-order valence-corrected chi connectivity index (χ4v) is 1.38. The largest absolute Gasteiger partial charge is 0.494 e. The number of nitro benzene ring substituents is 1. The highest BCUT2D eigenvalue weighted by Gasteiger charge is 2.17. The fourth-order valence-electron chi connectivity index (χ4n) is 1.38. The second-order valence-corrected chi connectivity index (χ2v) is 3.25. The van der Waals surface area contributed by atoms with E-state index in [4.69, 9.17) is 4.74 Å². The maximum atomic E-state index is 10.8. The molecule has 0 aromatic heterocycles. The molecule has 0 saturated carbocycles. The highest BCUT2D eigenvalue weighted by molar-refractivity contribution is 5.49. The molecule has 16 heavy (non-hydrogen) atoms. The number of rotatable bonds is 5. The zero-order valence-electron chi connectivity index (χ0n) is 9.18. The Morgan fingerprint density at radius 2 is 2.31 bits per heavy atom. The summed E-state index contributed by atoms with van der Waals surface area (Å²) in [6.45, 7) is 9.76. The lowest BCUT2D eigenvalue weighted by molar-refractivity contribution is -0.385. The van der Waals surface area contributed by atoms with Gasteiger partial charge < -0.3 is 4.74 Å². The molecule has 85 valence electrons. The molecule has 0 aliphatic rings. The number of allylic oxidation sites excluding steroid dienone is 1. The Labute approximate surface area is 94.7 Å². The van der Waals surface area contributed by atoms with E-state index in [1.54, 1.807) is 18.2 Å². The molecule has 4 heteroatoms. The molecular formula is C12H14NO3. The van der Waals surface area contributed by atoms with E-state index < -0.39 is 4.92 Å². The number of nitrogens with zero attached hydrogens (tertiary/aromatic N) is 1. The third-order valence-electron chi connectivity index (χ3n) is 2.19. The van der Waals surface area contributed by atoms with E-state index in [0.29, 0.717) is 17.9 Å². The van der Waals surface area contributed by atoms with Gasteiger partial charge in [-0.05, 0) is 26.0 Å². The summed E-state index contributed by atoms with van der Waals surface area (Å²) in [6.07, 6.45) is 1.57. The number of ether oxygens (including phenoxy) is 1. The molecule has 0 amide bonds. The van der Waals surface area contributed by atoms with Crippen molar-refractivity contribution in [2.45, 2.75) is 12.8 Å². The van der Waals surface area contributed by atoms with Crippen LogP contribution in [0.2, 0.25) is 0 Å². The average molecular weight is 220 g/mol. The Hall–Kier alpha value is -1.84. The lowest BCUT2D eigenvalue weighted by Crippen LogP contribution is -2.00. The fraction of sp³-hybridized carbons (Fsp3) is 0.250. The highest BCUT2D eigenvalue weighted by Crippen LogP contribution is 2.30. The monoisotopic (exact) mass is 220 g/mol. The molecule has 4 nitrogen and oxygen atoms in total. The van der Waals surface area contributed by atoms with Crippen LogP contribution in [0, 0.1) is 17.0 Å². The van der Waals surface area contributed by atoms with Crippen molar-refractivity contribution in [2.24, 2.45) is 0 Å². The van der Waals surface area contributed by atoms with Gasteiger partial charge >= 0.3 is 0 Å². The molecule has 1 radical (unpaired) electrons. The van der Waals surface area contributed by atoms with Crippen LogP contribution in [-0.2, 0) is 0 Å². The van der Waals surface area contributed by atoms with Crippen molar-refractivity contribution >= 4 is 5.69 Å². The number of benzene rings is 1. The molecule has 0 aliphatic carbocycles. The van der Waals surface area contributed by atoms with Gasteiger partial charge in [-0.1, -0.05) is 6.08 Å². The van der Waals surface area contributed by atoms with Crippen LogP contribution in [0.1, 0.15) is 18.4 Å². The minimum atomic E-state index is -0.424. The second-order valence-electron chi connectivity index (χ2n) is 3.25. The van der Waals surface area contributed by atoms with Gasteiger partial charge in [0, 0.05) is 17.5 Å². The van der Waals surface area contributed by atoms with E-state index in [2.05, 4.69) is 13.5 Å². The van der Waals surface area contributed by atoms with E-state index in [1.165, 1.54) is 6.07 Å². The maximum absolute atomic E-state index is 10.8. The molecule has 0 fully saturated rings. The lowest BCUT2D eigenvalue weighted by atomic mass is 9.99. The van der Waals surface area contributed by atoms with Crippen LogP contribution in [0.25, 0.3) is 0 Å². The third-order valence-corrected chi connectivity index (χ3v) is 2.19. The summed E-state index contributed by atoms with van der Waals surface area (Å²) < 4.78 is 5.29. The molecular weight excluding hydrogens is 206 g/mol. The van der Waals surface area contributed by atoms with Crippen molar-refractivity contribution < 1.29 is 9.66 Å². The van der Waals surface area contributed by atoms with Crippen LogP contribution in [0.5, 0.6) is 5.75 Å². The average Bonchev–Trinajstić information content (AvgIpc) is 2.28. The van der Waals surface area contributed by atoms with Gasteiger partial charge in [0.1, 0.15) is 5.75 Å². The molecule has 0 bridgehead atoms. The van der Waals surface area contributed by atoms with Crippen LogP contribution in [-0.4, -0.2) is 11.5 Å². The third kappa shape index (κ3) is 2.59. The van der Waals surface area contributed by atoms with Gasteiger partial charge in [-0.15, -0.1) is 6.58 Å². The molecule has 0 heterocycles. The van der Waals surface area contributed by atoms with Crippen LogP contribution in [0.3, 0.4) is 0 Å². The lowest BCUT2D eigenvalue weighted by Gasteiger charge is -2.09. The Balaban J connectivity index is 3.20. The van der Waals surface area contributed by atoms with Crippen LogP contribution in [0.4, 0.5) is 5.69 Å². The first kappa shape index (κ1) is 12.2. The van der Waals surface area contributed by atoms with Crippen LogP contribution in [0.15, 0.2) is 30.9 Å². The summed E-state index contributed by atoms with van der Waals surface area (Å²) in [7, 11) is 0. The summed E-state index contributed by atoms with van der Waals surface area (Å²) in [5.74, 6) is 0.291. The summed E-state index contributed by atoms with van der Waals surface area (Å²) in [5, 5.41) is 10.8. The summed E-state index contributed by atoms with van der Waals surface area (Å²) in [6, 6.07) is 4.66. The van der Waals surface area contributed by atoms with Crippen molar-refractivity contribution in [3.05, 3.63) is 53.5 Å². The van der Waals surface area contributed by atoms with Crippen molar-refractivity contribution in [3.63, 3.8) is 0 Å². The summed E-state index contributed by atoms with van der Waals surface area (Å²) in [5.41, 5.74) is 0.564. The zero-order valence-corrected chi connectivity index (χ0v) is 9.18. The number of hydrogen-bond acceptors (Lipinski definition) is 3. The molecule has 0 spiro atoms. The predicted molar refractivity (Wildman–Crippen MR) is 62.6 cm³/mol. The van der Waals surface area contributed by atoms with Gasteiger partial charge in [-0.3, -0.25) is 10.1 Å². The van der Waals surface area contributed by atoms with Crippen molar-refractivity contribution in [1.29, 1.82) is 0 Å².